The van der Waals surface area contributed by atoms with Crippen LogP contribution in [0.3, 0.4) is 0 Å². The van der Waals surface area contributed by atoms with E-state index in [9.17, 15) is 13.2 Å². The van der Waals surface area contributed by atoms with Gasteiger partial charge in [0.2, 0.25) is 0 Å². The van der Waals surface area contributed by atoms with Crippen LogP contribution in [0.2, 0.25) is 0 Å². The number of hydrogen-bond acceptors (Lipinski definition) is 2. The van der Waals surface area contributed by atoms with E-state index < -0.39 is 12.7 Å². The third kappa shape index (κ3) is 4.01. The fourth-order valence-electron chi connectivity index (χ4n) is 0.434. The van der Waals surface area contributed by atoms with Gasteiger partial charge >= 0.3 is 6.18 Å². The predicted molar refractivity (Wildman–Crippen MR) is 28.9 cm³/mol. The Morgan fingerprint density at radius 2 is 2.00 bits per heavy atom. The minimum Gasteiger partial charge on any atom is -0.302 e. The van der Waals surface area contributed by atoms with Gasteiger partial charge in [-0.1, -0.05) is 0 Å². The fraction of sp³-hybridized carbons (Fsp3) is 0.800. The molecule has 0 aliphatic carbocycles. The molecule has 10 heavy (non-hydrogen) atoms. The monoisotopic (exact) mass is 152 g/mol. The molecule has 0 amide bonds. The van der Waals surface area contributed by atoms with Crippen LogP contribution < -0.4 is 0 Å². The van der Waals surface area contributed by atoms with Gasteiger partial charge in [0.05, 0.1) is 0 Å². The first-order valence-corrected chi connectivity index (χ1v) is 2.71. The number of alkyl halides is 3. The fourth-order valence-corrected chi connectivity index (χ4v) is 0.434. The Labute approximate surface area is 56.8 Å². The van der Waals surface area contributed by atoms with Crippen molar-refractivity contribution in [1.29, 1.82) is 5.26 Å². The van der Waals surface area contributed by atoms with Crippen molar-refractivity contribution in [3.63, 3.8) is 0 Å². The third-order valence-corrected chi connectivity index (χ3v) is 0.893. The molecule has 0 fully saturated rings. The maximum atomic E-state index is 11.5. The highest BCUT2D eigenvalue weighted by Gasteiger charge is 2.29. The van der Waals surface area contributed by atoms with Crippen molar-refractivity contribution in [2.45, 2.75) is 13.1 Å². The number of rotatable bonds is 2. The molecule has 0 radical (unpaired) electrons. The molecule has 5 heteroatoms. The molecule has 0 aromatic carbocycles. The summed E-state index contributed by atoms with van der Waals surface area (Å²) in [5, 5.41) is 8.07. The first-order valence-electron chi connectivity index (χ1n) is 2.71. The molecule has 0 aliphatic rings. The Balaban J connectivity index is 3.78. The Hall–Kier alpha value is -0.920. The van der Waals surface area contributed by atoms with Crippen molar-refractivity contribution in [2.24, 2.45) is 0 Å². The Bertz CT molecular complexity index is 135. The van der Waals surface area contributed by atoms with E-state index in [4.69, 9.17) is 5.26 Å². The summed E-state index contributed by atoms with van der Waals surface area (Å²) in [5.74, 6) is 0. The van der Waals surface area contributed by atoms with Crippen molar-refractivity contribution in [3.05, 3.63) is 0 Å². The number of hydrogen-bond donors (Lipinski definition) is 0. The second-order valence-electron chi connectivity index (χ2n) is 1.73. The van der Waals surface area contributed by atoms with Crippen LogP contribution in [0.5, 0.6) is 0 Å². The summed E-state index contributed by atoms with van der Waals surface area (Å²) in [5.41, 5.74) is 0. The zero-order valence-electron chi connectivity index (χ0n) is 5.44. The summed E-state index contributed by atoms with van der Waals surface area (Å²) in [6, 6.07) is 0. The largest absolute Gasteiger partial charge is 0.406 e. The third-order valence-electron chi connectivity index (χ3n) is 0.893. The van der Waals surface area contributed by atoms with Gasteiger partial charge in [0.25, 0.3) is 0 Å². The van der Waals surface area contributed by atoms with Gasteiger partial charge in [-0.2, -0.15) is 18.4 Å². The molecule has 2 nitrogen and oxygen atoms in total. The second kappa shape index (κ2) is 3.30. The summed E-state index contributed by atoms with van der Waals surface area (Å²) in [4.78, 5) is 0.639. The van der Waals surface area contributed by atoms with E-state index in [0.717, 1.165) is 0 Å². The van der Waals surface area contributed by atoms with Gasteiger partial charge in [0.1, 0.15) is 6.54 Å². The molecule has 0 rings (SSSR count). The van der Waals surface area contributed by atoms with E-state index in [1.54, 1.807) is 0 Å². The Morgan fingerprint density at radius 3 is 2.10 bits per heavy atom. The van der Waals surface area contributed by atoms with E-state index >= 15 is 0 Å². The van der Waals surface area contributed by atoms with Crippen molar-refractivity contribution in [1.82, 2.24) is 4.90 Å². The molecule has 0 bridgehead atoms. The molecule has 0 aromatic rings. The van der Waals surface area contributed by atoms with Gasteiger partial charge in [-0.25, -0.2) is 0 Å². The van der Waals surface area contributed by atoms with Crippen LogP contribution in [0.4, 0.5) is 13.2 Å². The molecule has 0 aromatic heterocycles. The lowest BCUT2D eigenvalue weighted by molar-refractivity contribution is -0.139. The molecule has 0 saturated carbocycles. The van der Waals surface area contributed by atoms with Crippen LogP contribution >= 0.6 is 0 Å². The molecular weight excluding hydrogens is 145 g/mol. The van der Waals surface area contributed by atoms with E-state index in [0.29, 0.717) is 4.90 Å². The van der Waals surface area contributed by atoms with E-state index in [1.807, 2.05) is 0 Å². The number of halogens is 3. The van der Waals surface area contributed by atoms with Crippen LogP contribution in [0.25, 0.3) is 0 Å². The zero-order chi connectivity index (χ0) is 8.20. The minimum absolute atomic E-state index is 0.0933. The van der Waals surface area contributed by atoms with Crippen molar-refractivity contribution in [3.8, 4) is 6.19 Å². The summed E-state index contributed by atoms with van der Waals surface area (Å²) in [6.07, 6.45) is -2.85. The molecule has 58 valence electrons. The van der Waals surface area contributed by atoms with Crippen molar-refractivity contribution < 1.29 is 13.2 Å². The first kappa shape index (κ1) is 9.08. The average molecular weight is 152 g/mol. The van der Waals surface area contributed by atoms with Crippen LogP contribution in [-0.4, -0.2) is 24.2 Å². The molecule has 0 heterocycles. The standard InChI is InChI=1S/C5H7F3N2/c1-2-10(4-9)3-5(6,7)8/h2-3H2,1H3. The van der Waals surface area contributed by atoms with Gasteiger partial charge in [-0.3, -0.25) is 0 Å². The molecule has 0 unspecified atom stereocenters. The van der Waals surface area contributed by atoms with Crippen LogP contribution in [0.1, 0.15) is 6.92 Å². The quantitative estimate of drug-likeness (QED) is 0.441. The van der Waals surface area contributed by atoms with Crippen LogP contribution in [-0.2, 0) is 0 Å². The lowest BCUT2D eigenvalue weighted by Gasteiger charge is -2.14. The van der Waals surface area contributed by atoms with Gasteiger partial charge in [0, 0.05) is 6.54 Å². The first-order chi connectivity index (χ1) is 4.49. The smallest absolute Gasteiger partial charge is 0.302 e. The molecular formula is C5H7F3N2. The summed E-state index contributed by atoms with van der Waals surface area (Å²) in [6.45, 7) is 0.435. The second-order valence-corrected chi connectivity index (χ2v) is 1.73. The van der Waals surface area contributed by atoms with Crippen molar-refractivity contribution >= 4 is 0 Å². The average Bonchev–Trinajstić information content (AvgIpc) is 1.81. The molecule has 0 spiro atoms. The minimum atomic E-state index is -4.27. The topological polar surface area (TPSA) is 27.0 Å². The summed E-state index contributed by atoms with van der Waals surface area (Å²) < 4.78 is 34.5. The summed E-state index contributed by atoms with van der Waals surface area (Å²) in [7, 11) is 0. The highest BCUT2D eigenvalue weighted by atomic mass is 19.4. The van der Waals surface area contributed by atoms with Crippen molar-refractivity contribution in [2.75, 3.05) is 13.1 Å². The SMILES string of the molecule is CCN(C#N)CC(F)(F)F. The normalized spacial score (nSPS) is 10.7. The van der Waals surface area contributed by atoms with Crippen LogP contribution in [0, 0.1) is 11.5 Å². The predicted octanol–water partition coefficient (Wildman–Crippen LogP) is 1.35. The molecule has 0 aliphatic heterocycles. The summed E-state index contributed by atoms with van der Waals surface area (Å²) >= 11 is 0. The number of nitrogens with zero attached hydrogens (tertiary/aromatic N) is 2. The molecule has 0 atom stereocenters. The highest BCUT2D eigenvalue weighted by molar-refractivity contribution is 4.74. The zero-order valence-corrected chi connectivity index (χ0v) is 5.44. The lowest BCUT2D eigenvalue weighted by Crippen LogP contribution is -2.30. The lowest BCUT2D eigenvalue weighted by atomic mass is 10.5. The van der Waals surface area contributed by atoms with Gasteiger partial charge in [0.15, 0.2) is 6.19 Å². The van der Waals surface area contributed by atoms with Gasteiger partial charge < -0.3 is 4.90 Å². The van der Waals surface area contributed by atoms with Gasteiger partial charge in [-0.15, -0.1) is 0 Å². The Morgan fingerprint density at radius 1 is 1.50 bits per heavy atom. The molecule has 0 saturated heterocycles. The van der Waals surface area contributed by atoms with Crippen LogP contribution in [0.15, 0.2) is 0 Å². The van der Waals surface area contributed by atoms with Gasteiger partial charge in [-0.05, 0) is 6.92 Å². The van der Waals surface area contributed by atoms with E-state index in [1.165, 1.54) is 13.1 Å². The maximum Gasteiger partial charge on any atom is 0.406 e. The Kier molecular flexibility index (Phi) is 3.00. The maximum absolute atomic E-state index is 11.5. The molecule has 0 N–H and O–H groups in total. The highest BCUT2D eigenvalue weighted by Crippen LogP contribution is 2.15. The number of nitriles is 1. The van der Waals surface area contributed by atoms with E-state index in [-0.39, 0.29) is 6.54 Å². The van der Waals surface area contributed by atoms with E-state index in [2.05, 4.69) is 0 Å².